The molecule has 0 aliphatic heterocycles. The van der Waals surface area contributed by atoms with E-state index in [2.05, 4.69) is 18.3 Å². The summed E-state index contributed by atoms with van der Waals surface area (Å²) in [6.45, 7) is 2.23. The van der Waals surface area contributed by atoms with Crippen molar-refractivity contribution in [1.29, 1.82) is 5.26 Å². The summed E-state index contributed by atoms with van der Waals surface area (Å²) in [7, 11) is 1.59. The van der Waals surface area contributed by atoms with Gasteiger partial charge in [-0.1, -0.05) is 6.92 Å². The first-order valence-corrected chi connectivity index (χ1v) is 8.44. The maximum Gasteiger partial charge on any atom is 0.256 e. The van der Waals surface area contributed by atoms with E-state index in [4.69, 9.17) is 4.74 Å². The third kappa shape index (κ3) is 3.08. The van der Waals surface area contributed by atoms with Crippen LogP contribution in [0.3, 0.4) is 0 Å². The summed E-state index contributed by atoms with van der Waals surface area (Å²) in [6, 6.07) is 9.21. The van der Waals surface area contributed by atoms with Gasteiger partial charge < -0.3 is 10.1 Å². The zero-order chi connectivity index (χ0) is 16.4. The number of nitrogens with one attached hydrogen (secondary N) is 1. The lowest BCUT2D eigenvalue weighted by Gasteiger charge is -2.17. The van der Waals surface area contributed by atoms with Crippen molar-refractivity contribution in [3.05, 3.63) is 45.8 Å². The van der Waals surface area contributed by atoms with Gasteiger partial charge in [-0.25, -0.2) is 0 Å². The second kappa shape index (κ2) is 6.43. The number of hydrogen-bond acceptors (Lipinski definition) is 4. The van der Waals surface area contributed by atoms with Gasteiger partial charge in [0.1, 0.15) is 16.8 Å². The predicted octanol–water partition coefficient (Wildman–Crippen LogP) is 4.01. The molecular formula is C18H18N2O2S. The number of methoxy groups -OCH3 is 1. The highest BCUT2D eigenvalue weighted by Crippen LogP contribution is 2.39. The summed E-state index contributed by atoms with van der Waals surface area (Å²) in [5.74, 6) is 1.15. The average Bonchev–Trinajstić information content (AvgIpc) is 2.90. The Balaban J connectivity index is 1.85. The van der Waals surface area contributed by atoms with Crippen molar-refractivity contribution < 1.29 is 9.53 Å². The Morgan fingerprint density at radius 3 is 2.78 bits per heavy atom. The molecule has 0 saturated carbocycles. The lowest BCUT2D eigenvalue weighted by molar-refractivity contribution is 0.102. The van der Waals surface area contributed by atoms with Crippen molar-refractivity contribution >= 4 is 22.2 Å². The number of nitriles is 1. The van der Waals surface area contributed by atoms with Crippen LogP contribution in [-0.4, -0.2) is 13.0 Å². The Bertz CT molecular complexity index is 772. The van der Waals surface area contributed by atoms with E-state index in [0.29, 0.717) is 27.8 Å². The van der Waals surface area contributed by atoms with Gasteiger partial charge in [0, 0.05) is 10.4 Å². The monoisotopic (exact) mass is 326 g/mol. The highest BCUT2D eigenvalue weighted by atomic mass is 32.1. The Morgan fingerprint density at radius 1 is 1.39 bits per heavy atom. The topological polar surface area (TPSA) is 62.1 Å². The standard InChI is InChI=1S/C18H18N2O2S/c1-11-3-8-14-15(10-19)18(23-16(14)9-11)20-17(21)12-4-6-13(22-2)7-5-12/h4-7,11H,3,8-9H2,1-2H3,(H,20,21). The van der Waals surface area contributed by atoms with E-state index in [1.54, 1.807) is 42.7 Å². The number of rotatable bonds is 3. The first-order chi connectivity index (χ1) is 11.1. The summed E-state index contributed by atoms with van der Waals surface area (Å²) < 4.78 is 5.10. The largest absolute Gasteiger partial charge is 0.497 e. The summed E-state index contributed by atoms with van der Waals surface area (Å²) in [5, 5.41) is 13.0. The molecule has 4 nitrogen and oxygen atoms in total. The molecule has 23 heavy (non-hydrogen) atoms. The third-order valence-corrected chi connectivity index (χ3v) is 5.37. The number of fused-ring (bicyclic) bond motifs is 1. The smallest absolute Gasteiger partial charge is 0.256 e. The fourth-order valence-corrected chi connectivity index (χ4v) is 4.23. The molecule has 0 radical (unpaired) electrons. The van der Waals surface area contributed by atoms with Crippen LogP contribution in [0.2, 0.25) is 0 Å². The van der Waals surface area contributed by atoms with Crippen LogP contribution in [0.25, 0.3) is 0 Å². The number of nitrogens with zero attached hydrogens (tertiary/aromatic N) is 1. The van der Waals surface area contributed by atoms with Crippen molar-refractivity contribution in [3.8, 4) is 11.8 Å². The van der Waals surface area contributed by atoms with E-state index in [1.807, 2.05) is 0 Å². The Labute approximate surface area is 139 Å². The minimum absolute atomic E-state index is 0.198. The van der Waals surface area contributed by atoms with Gasteiger partial charge >= 0.3 is 0 Å². The van der Waals surface area contributed by atoms with Gasteiger partial charge in [-0.2, -0.15) is 5.26 Å². The van der Waals surface area contributed by atoms with Gasteiger partial charge in [0.25, 0.3) is 5.91 Å². The number of anilines is 1. The fraction of sp³-hybridized carbons (Fsp3) is 0.333. The summed E-state index contributed by atoms with van der Waals surface area (Å²) in [5.41, 5.74) is 2.31. The number of ether oxygens (including phenoxy) is 1. The quantitative estimate of drug-likeness (QED) is 0.927. The van der Waals surface area contributed by atoms with E-state index in [0.717, 1.165) is 24.8 Å². The molecule has 2 aromatic rings. The summed E-state index contributed by atoms with van der Waals surface area (Å²) >= 11 is 1.54. The van der Waals surface area contributed by atoms with Crippen LogP contribution in [0.15, 0.2) is 24.3 Å². The molecule has 118 valence electrons. The number of carbonyl (C=O) groups is 1. The molecule has 3 rings (SSSR count). The number of amides is 1. The SMILES string of the molecule is COc1ccc(C(=O)Nc2sc3c(c2C#N)CCC(C)C3)cc1. The van der Waals surface area contributed by atoms with Gasteiger partial charge in [0.15, 0.2) is 0 Å². The van der Waals surface area contributed by atoms with Gasteiger partial charge in [0.2, 0.25) is 0 Å². The van der Waals surface area contributed by atoms with Gasteiger partial charge in [-0.15, -0.1) is 11.3 Å². The van der Waals surface area contributed by atoms with Gasteiger partial charge in [-0.05, 0) is 55.0 Å². The first-order valence-electron chi connectivity index (χ1n) is 7.62. The lowest BCUT2D eigenvalue weighted by Crippen LogP contribution is -2.12. The van der Waals surface area contributed by atoms with Crippen LogP contribution in [0.5, 0.6) is 5.75 Å². The lowest BCUT2D eigenvalue weighted by atomic mass is 9.88. The number of hydrogen-bond donors (Lipinski definition) is 1. The molecule has 1 aliphatic rings. The van der Waals surface area contributed by atoms with Crippen molar-refractivity contribution in [2.75, 3.05) is 12.4 Å². The van der Waals surface area contributed by atoms with E-state index in [9.17, 15) is 10.1 Å². The Hall–Kier alpha value is -2.32. The number of carbonyl (C=O) groups excluding carboxylic acids is 1. The maximum absolute atomic E-state index is 12.4. The highest BCUT2D eigenvalue weighted by Gasteiger charge is 2.24. The minimum Gasteiger partial charge on any atom is -0.497 e. The van der Waals surface area contributed by atoms with Gasteiger partial charge in [0.05, 0.1) is 12.7 Å². The van der Waals surface area contributed by atoms with Crippen LogP contribution in [0.1, 0.15) is 39.7 Å². The zero-order valence-corrected chi connectivity index (χ0v) is 14.0. The molecular weight excluding hydrogens is 308 g/mol. The number of benzene rings is 1. The van der Waals surface area contributed by atoms with E-state index < -0.39 is 0 Å². The second-order valence-corrected chi connectivity index (χ2v) is 6.96. The zero-order valence-electron chi connectivity index (χ0n) is 13.2. The van der Waals surface area contributed by atoms with E-state index in [1.165, 1.54) is 4.88 Å². The second-order valence-electron chi connectivity index (χ2n) is 5.85. The normalized spacial score (nSPS) is 16.3. The highest BCUT2D eigenvalue weighted by molar-refractivity contribution is 7.16. The molecule has 1 atom stereocenters. The van der Waals surface area contributed by atoms with Crippen LogP contribution < -0.4 is 10.1 Å². The summed E-state index contributed by atoms with van der Waals surface area (Å²) in [6.07, 6.45) is 3.02. The Kier molecular flexibility index (Phi) is 4.35. The predicted molar refractivity (Wildman–Crippen MR) is 91.2 cm³/mol. The van der Waals surface area contributed by atoms with Crippen molar-refractivity contribution in [1.82, 2.24) is 0 Å². The van der Waals surface area contributed by atoms with Crippen LogP contribution >= 0.6 is 11.3 Å². The third-order valence-electron chi connectivity index (χ3n) is 4.20. The summed E-state index contributed by atoms with van der Waals surface area (Å²) in [4.78, 5) is 13.6. The fourth-order valence-electron chi connectivity index (χ4n) is 2.87. The molecule has 0 bridgehead atoms. The first kappa shape index (κ1) is 15.6. The van der Waals surface area contributed by atoms with Crippen molar-refractivity contribution in [2.45, 2.75) is 26.2 Å². The molecule has 1 unspecified atom stereocenters. The molecule has 0 spiro atoms. The van der Waals surface area contributed by atoms with Crippen molar-refractivity contribution in [2.24, 2.45) is 5.92 Å². The van der Waals surface area contributed by atoms with Gasteiger partial charge in [-0.3, -0.25) is 4.79 Å². The molecule has 1 aromatic heterocycles. The molecule has 0 saturated heterocycles. The van der Waals surface area contributed by atoms with E-state index >= 15 is 0 Å². The van der Waals surface area contributed by atoms with Crippen LogP contribution in [0.4, 0.5) is 5.00 Å². The van der Waals surface area contributed by atoms with Crippen molar-refractivity contribution in [3.63, 3.8) is 0 Å². The number of thiophene rings is 1. The molecule has 0 fully saturated rings. The Morgan fingerprint density at radius 2 is 2.13 bits per heavy atom. The average molecular weight is 326 g/mol. The molecule has 1 aromatic carbocycles. The molecule has 1 aliphatic carbocycles. The minimum atomic E-state index is -0.198. The molecule has 1 heterocycles. The van der Waals surface area contributed by atoms with Crippen LogP contribution in [0, 0.1) is 17.2 Å². The molecule has 1 N–H and O–H groups in total. The van der Waals surface area contributed by atoms with E-state index in [-0.39, 0.29) is 5.91 Å². The molecule has 1 amide bonds. The van der Waals surface area contributed by atoms with Crippen LogP contribution in [-0.2, 0) is 12.8 Å². The molecule has 5 heteroatoms. The maximum atomic E-state index is 12.4.